The summed E-state index contributed by atoms with van der Waals surface area (Å²) in [4.78, 5) is 47.7. The maximum Gasteiger partial charge on any atom is 0.328 e. The number of allylic oxidation sites excluding steroid dienone is 12. The van der Waals surface area contributed by atoms with Gasteiger partial charge in [0.25, 0.3) is 0 Å². The minimum atomic E-state index is -1.39. The van der Waals surface area contributed by atoms with Crippen molar-refractivity contribution in [1.29, 1.82) is 0 Å². The van der Waals surface area contributed by atoms with Gasteiger partial charge in [-0.15, -0.1) is 0 Å². The molecule has 0 aliphatic heterocycles. The fraction of sp³-hybridized carbons (Fsp3) is 0.686. The van der Waals surface area contributed by atoms with E-state index >= 15 is 0 Å². The van der Waals surface area contributed by atoms with Gasteiger partial charge in [-0.1, -0.05) is 170 Å². The number of hydrogen-bond acceptors (Lipinski definition) is 6. The third-order valence-corrected chi connectivity index (χ3v) is 10.2. The van der Waals surface area contributed by atoms with E-state index in [1.807, 2.05) is 0 Å². The number of carboxylic acids is 1. The number of unbranched alkanes of at least 4 members (excludes halogenated alkanes) is 16. The fourth-order valence-corrected chi connectivity index (χ4v) is 6.60. The summed E-state index contributed by atoms with van der Waals surface area (Å²) in [6.07, 6.45) is 56.4. The number of amides is 2. The number of ether oxygens (including phenoxy) is 1. The molecule has 342 valence electrons. The Bertz CT molecular complexity index is 1240. The summed E-state index contributed by atoms with van der Waals surface area (Å²) in [6, 6.07) is -1.39. The van der Waals surface area contributed by atoms with Crippen LogP contribution in [0.25, 0.3) is 0 Å². The molecule has 0 fully saturated rings. The Kier molecular flexibility index (Phi) is 42.0. The maximum absolute atomic E-state index is 12.8. The van der Waals surface area contributed by atoms with Crippen molar-refractivity contribution in [2.24, 2.45) is 0 Å². The van der Waals surface area contributed by atoms with Crippen molar-refractivity contribution >= 4 is 23.8 Å². The van der Waals surface area contributed by atoms with Crippen LogP contribution < -0.4 is 10.6 Å². The van der Waals surface area contributed by atoms with Gasteiger partial charge in [0.2, 0.25) is 11.8 Å². The van der Waals surface area contributed by atoms with E-state index in [0.29, 0.717) is 12.8 Å². The van der Waals surface area contributed by atoms with Crippen molar-refractivity contribution in [3.05, 3.63) is 72.9 Å². The van der Waals surface area contributed by atoms with Crippen LogP contribution in [0.3, 0.4) is 0 Å². The molecule has 0 rings (SSSR count). The average Bonchev–Trinajstić information content (AvgIpc) is 3.23. The Labute approximate surface area is 365 Å². The Morgan fingerprint density at radius 3 is 1.42 bits per heavy atom. The van der Waals surface area contributed by atoms with Crippen LogP contribution in [-0.4, -0.2) is 59.3 Å². The number of nitrogens with one attached hydrogen (secondary N) is 2. The summed E-state index contributed by atoms with van der Waals surface area (Å²) >= 11 is 0. The highest BCUT2D eigenvalue weighted by atomic mass is 16.5. The van der Waals surface area contributed by atoms with Gasteiger partial charge in [0.15, 0.2) is 0 Å². The third kappa shape index (κ3) is 41.0. The number of aliphatic carboxylic acids is 1. The highest BCUT2D eigenvalue weighted by molar-refractivity contribution is 5.87. The van der Waals surface area contributed by atoms with E-state index in [-0.39, 0.29) is 30.9 Å². The molecule has 9 heteroatoms. The summed E-state index contributed by atoms with van der Waals surface area (Å²) in [7, 11) is 0. The van der Waals surface area contributed by atoms with E-state index in [0.717, 1.165) is 103 Å². The highest BCUT2D eigenvalue weighted by Crippen LogP contribution is 2.19. The molecular formula is C51H86N2O7. The standard InChI is InChI=1S/C51H86N2O7/c1-3-5-7-9-11-13-15-16-17-18-19-20-21-22-23-24-26-28-30-35-39-43-50(57)60-46(40-36-32-29-27-25-14-12-10-8-6-4-2)41-37-33-31-34-38-42-48(55)52-44-49(56)53-47(45-54)51(58)59/h5,7,11,13,16-17,19-20,22-23,26,28,46-47,54H,3-4,6,8-10,12,14-15,18,21,24-25,27,29-45H2,1-2H3,(H,52,55)(H,53,56)(H,58,59)/b7-5-,13-11-,17-16-,20-19-,23-22-,28-26-. The molecule has 0 saturated heterocycles. The summed E-state index contributed by atoms with van der Waals surface area (Å²) in [6.45, 7) is 3.36. The van der Waals surface area contributed by atoms with Crippen molar-refractivity contribution < 1.29 is 34.1 Å². The zero-order valence-electron chi connectivity index (χ0n) is 37.9. The number of aliphatic hydroxyl groups is 1. The first kappa shape index (κ1) is 56.3. The topological polar surface area (TPSA) is 142 Å². The van der Waals surface area contributed by atoms with Gasteiger partial charge < -0.3 is 25.6 Å². The third-order valence-electron chi connectivity index (χ3n) is 10.2. The Morgan fingerprint density at radius 1 is 0.517 bits per heavy atom. The van der Waals surface area contributed by atoms with Gasteiger partial charge in [-0.05, 0) is 89.9 Å². The van der Waals surface area contributed by atoms with Crippen molar-refractivity contribution in [3.8, 4) is 0 Å². The average molecular weight is 839 g/mol. The Morgan fingerprint density at radius 2 is 0.950 bits per heavy atom. The van der Waals surface area contributed by atoms with Crippen LogP contribution in [0.2, 0.25) is 0 Å². The van der Waals surface area contributed by atoms with Crippen molar-refractivity contribution in [2.45, 2.75) is 212 Å². The number of carbonyl (C=O) groups is 4. The van der Waals surface area contributed by atoms with Crippen LogP contribution in [0.1, 0.15) is 200 Å². The summed E-state index contributed by atoms with van der Waals surface area (Å²) < 4.78 is 6.02. The molecule has 2 atom stereocenters. The smallest absolute Gasteiger partial charge is 0.328 e. The fourth-order valence-electron chi connectivity index (χ4n) is 6.60. The molecule has 0 aliphatic rings. The lowest BCUT2D eigenvalue weighted by molar-refractivity contribution is -0.150. The first-order chi connectivity index (χ1) is 29.3. The molecule has 2 unspecified atom stereocenters. The van der Waals surface area contributed by atoms with Gasteiger partial charge in [-0.25, -0.2) is 4.79 Å². The molecule has 4 N–H and O–H groups in total. The Hall–Kier alpha value is -3.72. The van der Waals surface area contributed by atoms with Gasteiger partial charge in [0.1, 0.15) is 12.1 Å². The van der Waals surface area contributed by atoms with Crippen LogP contribution in [0.15, 0.2) is 72.9 Å². The minimum absolute atomic E-state index is 0.0390. The molecule has 60 heavy (non-hydrogen) atoms. The molecule has 9 nitrogen and oxygen atoms in total. The molecule has 0 radical (unpaired) electrons. The van der Waals surface area contributed by atoms with E-state index in [2.05, 4.69) is 97.4 Å². The minimum Gasteiger partial charge on any atom is -0.480 e. The van der Waals surface area contributed by atoms with Crippen LogP contribution in [0.5, 0.6) is 0 Å². The number of hydrogen-bond donors (Lipinski definition) is 4. The summed E-state index contributed by atoms with van der Waals surface area (Å²) in [5.41, 5.74) is 0. The number of esters is 1. The van der Waals surface area contributed by atoms with Gasteiger partial charge in [-0.3, -0.25) is 14.4 Å². The molecule has 0 aromatic rings. The van der Waals surface area contributed by atoms with Crippen LogP contribution in [-0.2, 0) is 23.9 Å². The molecular weight excluding hydrogens is 753 g/mol. The highest BCUT2D eigenvalue weighted by Gasteiger charge is 2.19. The molecule has 0 aromatic carbocycles. The number of carbonyl (C=O) groups excluding carboxylic acids is 3. The zero-order chi connectivity index (χ0) is 44.0. The van der Waals surface area contributed by atoms with E-state index in [1.54, 1.807) is 0 Å². The van der Waals surface area contributed by atoms with E-state index in [1.165, 1.54) is 64.2 Å². The summed E-state index contributed by atoms with van der Waals surface area (Å²) in [5.74, 6) is -2.34. The van der Waals surface area contributed by atoms with E-state index in [9.17, 15) is 19.2 Å². The number of aliphatic hydroxyl groups excluding tert-OH is 1. The lowest BCUT2D eigenvalue weighted by atomic mass is 10.0. The van der Waals surface area contributed by atoms with Gasteiger partial charge in [0.05, 0.1) is 13.2 Å². The second kappa shape index (κ2) is 44.8. The predicted octanol–water partition coefficient (Wildman–Crippen LogP) is 12.3. The first-order valence-electron chi connectivity index (χ1n) is 23.8. The Balaban J connectivity index is 4.36. The molecule has 0 heterocycles. The normalized spacial score (nSPS) is 13.1. The van der Waals surface area contributed by atoms with Crippen LogP contribution >= 0.6 is 0 Å². The summed E-state index contributed by atoms with van der Waals surface area (Å²) in [5, 5.41) is 22.6. The molecule has 0 aromatic heterocycles. The molecule has 0 spiro atoms. The van der Waals surface area contributed by atoms with Crippen LogP contribution in [0.4, 0.5) is 0 Å². The van der Waals surface area contributed by atoms with E-state index in [4.69, 9.17) is 14.9 Å². The second-order valence-corrected chi connectivity index (χ2v) is 15.8. The van der Waals surface area contributed by atoms with Crippen LogP contribution in [0, 0.1) is 0 Å². The van der Waals surface area contributed by atoms with Crippen molar-refractivity contribution in [1.82, 2.24) is 10.6 Å². The van der Waals surface area contributed by atoms with Crippen molar-refractivity contribution in [3.63, 3.8) is 0 Å². The largest absolute Gasteiger partial charge is 0.480 e. The maximum atomic E-state index is 12.8. The van der Waals surface area contributed by atoms with Gasteiger partial charge in [-0.2, -0.15) is 0 Å². The quantitative estimate of drug-likeness (QED) is 0.0272. The second-order valence-electron chi connectivity index (χ2n) is 15.8. The molecule has 0 saturated carbocycles. The molecule has 0 bridgehead atoms. The molecule has 0 aliphatic carbocycles. The SMILES string of the molecule is CC/C=C\C/C=C\C/C=C\C/C=C\C/C=C\C/C=C\CCCCC(=O)OC(CCCCCCCCCCCCC)CCCCCCCC(=O)NCC(=O)NC(CO)C(=O)O. The molecule has 2 amide bonds. The lowest BCUT2D eigenvalue weighted by Gasteiger charge is -2.18. The van der Waals surface area contributed by atoms with Gasteiger partial charge >= 0.3 is 11.9 Å². The first-order valence-corrected chi connectivity index (χ1v) is 23.8. The van der Waals surface area contributed by atoms with Gasteiger partial charge in [0, 0.05) is 12.8 Å². The monoisotopic (exact) mass is 839 g/mol. The number of rotatable bonds is 42. The number of carboxylic acid groups (broad SMARTS) is 1. The lowest BCUT2D eigenvalue weighted by Crippen LogP contribution is -2.47. The predicted molar refractivity (Wildman–Crippen MR) is 250 cm³/mol. The van der Waals surface area contributed by atoms with Crippen molar-refractivity contribution in [2.75, 3.05) is 13.2 Å². The zero-order valence-corrected chi connectivity index (χ0v) is 37.9. The van der Waals surface area contributed by atoms with E-state index < -0.39 is 24.5 Å².